The number of nitrogens with zero attached hydrogens (tertiary/aromatic N) is 1. The molecule has 0 amide bonds. The Morgan fingerprint density at radius 1 is 1.57 bits per heavy atom. The molecule has 1 unspecified atom stereocenters. The van der Waals surface area contributed by atoms with Crippen LogP contribution in [0.15, 0.2) is 18.2 Å². The predicted octanol–water partition coefficient (Wildman–Crippen LogP) is 3.31. The molecule has 1 aromatic carbocycles. The molecule has 14 heavy (non-hydrogen) atoms. The van der Waals surface area contributed by atoms with E-state index >= 15 is 0 Å². The Kier molecular flexibility index (Phi) is 4.21. The number of nitriles is 1. The molecule has 3 heteroatoms. The minimum Gasteiger partial charge on any atom is -0.370 e. The van der Waals surface area contributed by atoms with Crippen LogP contribution in [0, 0.1) is 21.8 Å². The first kappa shape index (κ1) is 11.3. The van der Waals surface area contributed by atoms with Gasteiger partial charge in [-0.3, -0.25) is 0 Å². The molecule has 1 rings (SSSR count). The SMILES string of the molecule is CCC(C#N)Nc1ccc(I)cc1C. The van der Waals surface area contributed by atoms with Crippen molar-refractivity contribution in [3.05, 3.63) is 27.3 Å². The summed E-state index contributed by atoms with van der Waals surface area (Å²) < 4.78 is 1.22. The largest absolute Gasteiger partial charge is 0.370 e. The third-order valence-corrected chi connectivity index (χ3v) is 2.75. The summed E-state index contributed by atoms with van der Waals surface area (Å²) in [6, 6.07) is 8.31. The average molecular weight is 300 g/mol. The number of anilines is 1. The lowest BCUT2D eigenvalue weighted by molar-refractivity contribution is 0.844. The second-order valence-electron chi connectivity index (χ2n) is 3.19. The van der Waals surface area contributed by atoms with Gasteiger partial charge in [0, 0.05) is 9.26 Å². The molecule has 0 heterocycles. The molecule has 1 aromatic rings. The van der Waals surface area contributed by atoms with Gasteiger partial charge in [0.05, 0.1) is 6.07 Å². The normalized spacial score (nSPS) is 11.9. The van der Waals surface area contributed by atoms with Crippen LogP contribution in [0.4, 0.5) is 5.69 Å². The fourth-order valence-corrected chi connectivity index (χ4v) is 1.85. The van der Waals surface area contributed by atoms with Crippen molar-refractivity contribution in [3.8, 4) is 6.07 Å². The summed E-state index contributed by atoms with van der Waals surface area (Å²) in [5.41, 5.74) is 2.24. The van der Waals surface area contributed by atoms with Crippen molar-refractivity contribution in [1.29, 1.82) is 5.26 Å². The van der Waals surface area contributed by atoms with Gasteiger partial charge in [-0.2, -0.15) is 5.26 Å². The summed E-state index contributed by atoms with van der Waals surface area (Å²) in [5, 5.41) is 12.0. The third kappa shape index (κ3) is 2.88. The second-order valence-corrected chi connectivity index (χ2v) is 4.44. The molecule has 0 aromatic heterocycles. The van der Waals surface area contributed by atoms with Gasteiger partial charge in [-0.15, -0.1) is 0 Å². The number of hydrogen-bond acceptors (Lipinski definition) is 2. The van der Waals surface area contributed by atoms with Crippen LogP contribution in [-0.2, 0) is 0 Å². The third-order valence-electron chi connectivity index (χ3n) is 2.08. The van der Waals surface area contributed by atoms with Gasteiger partial charge in [0.25, 0.3) is 0 Å². The van der Waals surface area contributed by atoms with Crippen molar-refractivity contribution in [1.82, 2.24) is 0 Å². The highest BCUT2D eigenvalue weighted by Gasteiger charge is 2.05. The van der Waals surface area contributed by atoms with Gasteiger partial charge >= 0.3 is 0 Å². The Morgan fingerprint density at radius 3 is 2.79 bits per heavy atom. The lowest BCUT2D eigenvalue weighted by Crippen LogP contribution is -2.16. The minimum atomic E-state index is -0.0891. The van der Waals surface area contributed by atoms with Crippen molar-refractivity contribution in [2.45, 2.75) is 26.3 Å². The van der Waals surface area contributed by atoms with Crippen LogP contribution in [0.1, 0.15) is 18.9 Å². The molecule has 0 aliphatic rings. The smallest absolute Gasteiger partial charge is 0.114 e. The Bertz CT molecular complexity index is 355. The van der Waals surface area contributed by atoms with E-state index < -0.39 is 0 Å². The standard InChI is InChI=1S/C11H13IN2/c1-3-10(7-13)14-11-5-4-9(12)6-8(11)2/h4-6,10,14H,3H2,1-2H3. The molecule has 0 saturated heterocycles. The molecule has 0 spiro atoms. The second kappa shape index (κ2) is 5.20. The predicted molar refractivity (Wildman–Crippen MR) is 67.2 cm³/mol. The summed E-state index contributed by atoms with van der Waals surface area (Å²) >= 11 is 2.28. The Hall–Kier alpha value is -0.760. The fraction of sp³-hybridized carbons (Fsp3) is 0.364. The van der Waals surface area contributed by atoms with Gasteiger partial charge < -0.3 is 5.32 Å². The zero-order valence-corrected chi connectivity index (χ0v) is 10.5. The number of nitrogens with one attached hydrogen (secondary N) is 1. The topological polar surface area (TPSA) is 35.8 Å². The van der Waals surface area contributed by atoms with E-state index in [0.29, 0.717) is 0 Å². The number of aryl methyl sites for hydroxylation is 1. The lowest BCUT2D eigenvalue weighted by atomic mass is 10.1. The zero-order chi connectivity index (χ0) is 10.6. The number of halogens is 1. The van der Waals surface area contributed by atoms with E-state index in [2.05, 4.69) is 47.0 Å². The van der Waals surface area contributed by atoms with Crippen LogP contribution < -0.4 is 5.32 Å². The first-order valence-electron chi connectivity index (χ1n) is 4.59. The number of rotatable bonds is 3. The molecule has 0 saturated carbocycles. The molecule has 1 atom stereocenters. The van der Waals surface area contributed by atoms with Gasteiger partial charge in [0.2, 0.25) is 0 Å². The van der Waals surface area contributed by atoms with Crippen LogP contribution in [0.3, 0.4) is 0 Å². The van der Waals surface area contributed by atoms with Gasteiger partial charge in [-0.25, -0.2) is 0 Å². The van der Waals surface area contributed by atoms with E-state index in [9.17, 15) is 0 Å². The fourth-order valence-electron chi connectivity index (χ4n) is 1.20. The first-order chi connectivity index (χ1) is 6.67. The van der Waals surface area contributed by atoms with Crippen molar-refractivity contribution in [2.75, 3.05) is 5.32 Å². The molecule has 74 valence electrons. The molecule has 0 fully saturated rings. The van der Waals surface area contributed by atoms with Crippen molar-refractivity contribution >= 4 is 28.3 Å². The summed E-state index contributed by atoms with van der Waals surface area (Å²) in [4.78, 5) is 0. The van der Waals surface area contributed by atoms with Crippen molar-refractivity contribution in [2.24, 2.45) is 0 Å². The molecule has 0 bridgehead atoms. The number of hydrogen-bond donors (Lipinski definition) is 1. The zero-order valence-electron chi connectivity index (χ0n) is 8.34. The molecular weight excluding hydrogens is 287 g/mol. The van der Waals surface area contributed by atoms with E-state index in [1.807, 2.05) is 19.1 Å². The summed E-state index contributed by atoms with van der Waals surface area (Å²) in [5.74, 6) is 0. The van der Waals surface area contributed by atoms with Gasteiger partial charge in [0.15, 0.2) is 0 Å². The van der Waals surface area contributed by atoms with Crippen molar-refractivity contribution in [3.63, 3.8) is 0 Å². The lowest BCUT2D eigenvalue weighted by Gasteiger charge is -2.13. The van der Waals surface area contributed by atoms with Gasteiger partial charge in [0.1, 0.15) is 6.04 Å². The van der Waals surface area contributed by atoms with E-state index in [0.717, 1.165) is 12.1 Å². The first-order valence-corrected chi connectivity index (χ1v) is 5.67. The van der Waals surface area contributed by atoms with E-state index in [-0.39, 0.29) is 6.04 Å². The highest BCUT2D eigenvalue weighted by Crippen LogP contribution is 2.18. The maximum absolute atomic E-state index is 8.82. The van der Waals surface area contributed by atoms with E-state index in [1.54, 1.807) is 0 Å². The van der Waals surface area contributed by atoms with E-state index in [1.165, 1.54) is 9.13 Å². The summed E-state index contributed by atoms with van der Waals surface area (Å²) in [6.45, 7) is 4.05. The molecular formula is C11H13IN2. The summed E-state index contributed by atoms with van der Waals surface area (Å²) in [7, 11) is 0. The highest BCUT2D eigenvalue weighted by atomic mass is 127. The van der Waals surface area contributed by atoms with E-state index in [4.69, 9.17) is 5.26 Å². The average Bonchev–Trinajstić information content (AvgIpc) is 2.17. The van der Waals surface area contributed by atoms with Gasteiger partial charge in [-0.1, -0.05) is 6.92 Å². The quantitative estimate of drug-likeness (QED) is 0.869. The monoisotopic (exact) mass is 300 g/mol. The molecule has 1 N–H and O–H groups in total. The van der Waals surface area contributed by atoms with Gasteiger partial charge in [-0.05, 0) is 59.7 Å². The number of benzene rings is 1. The molecule has 0 aliphatic heterocycles. The highest BCUT2D eigenvalue weighted by molar-refractivity contribution is 14.1. The Morgan fingerprint density at radius 2 is 2.29 bits per heavy atom. The van der Waals surface area contributed by atoms with Crippen LogP contribution in [0.5, 0.6) is 0 Å². The van der Waals surface area contributed by atoms with Crippen LogP contribution in [0.2, 0.25) is 0 Å². The Balaban J connectivity index is 2.82. The van der Waals surface area contributed by atoms with Crippen LogP contribution >= 0.6 is 22.6 Å². The van der Waals surface area contributed by atoms with Crippen LogP contribution in [0.25, 0.3) is 0 Å². The minimum absolute atomic E-state index is 0.0891. The van der Waals surface area contributed by atoms with Crippen LogP contribution in [-0.4, -0.2) is 6.04 Å². The maximum atomic E-state index is 8.82. The van der Waals surface area contributed by atoms with Crippen molar-refractivity contribution < 1.29 is 0 Å². The molecule has 2 nitrogen and oxygen atoms in total. The Labute approximate surface area is 98.5 Å². The maximum Gasteiger partial charge on any atom is 0.114 e. The molecule has 0 radical (unpaired) electrons. The summed E-state index contributed by atoms with van der Waals surface area (Å²) in [6.07, 6.45) is 0.821. The molecule has 0 aliphatic carbocycles.